The second-order valence-corrected chi connectivity index (χ2v) is 6.51. The second kappa shape index (κ2) is 6.58. The summed E-state index contributed by atoms with van der Waals surface area (Å²) in [7, 11) is 0. The quantitative estimate of drug-likeness (QED) is 0.765. The van der Waals surface area contributed by atoms with Gasteiger partial charge in [0, 0.05) is 23.4 Å². The fourth-order valence-electron chi connectivity index (χ4n) is 3.42. The fourth-order valence-corrected chi connectivity index (χ4v) is 3.42. The molecule has 1 atom stereocenters. The van der Waals surface area contributed by atoms with Gasteiger partial charge in [-0.05, 0) is 32.3 Å². The highest BCUT2D eigenvalue weighted by molar-refractivity contribution is 6.00. The van der Waals surface area contributed by atoms with Gasteiger partial charge in [0.25, 0.3) is 0 Å². The molecule has 2 heterocycles. The number of rotatable bonds is 4. The minimum atomic E-state index is -0.255. The molecule has 2 aromatic heterocycles. The zero-order chi connectivity index (χ0) is 17.2. The van der Waals surface area contributed by atoms with Crippen molar-refractivity contribution < 1.29 is 9.21 Å². The van der Waals surface area contributed by atoms with E-state index in [4.69, 9.17) is 4.42 Å². The number of carbonyl (C=O) groups excluding carboxylic acids is 1. The average molecular weight is 339 g/mol. The molecule has 3 aromatic rings. The zero-order valence-electron chi connectivity index (χ0n) is 14.2. The van der Waals surface area contributed by atoms with E-state index in [2.05, 4.69) is 26.8 Å². The molecule has 0 saturated heterocycles. The maximum Gasteiger partial charge on any atom is 0.319 e. The van der Waals surface area contributed by atoms with E-state index in [9.17, 15) is 4.79 Å². The minimum Gasteiger partial charge on any atom is -0.459 e. The van der Waals surface area contributed by atoms with Crippen LogP contribution in [0.2, 0.25) is 0 Å². The molecule has 25 heavy (non-hydrogen) atoms. The van der Waals surface area contributed by atoms with Crippen molar-refractivity contribution in [3.8, 4) is 0 Å². The standard InChI is InChI=1S/C18H21N5O2/c1-12(9-23-11-19-10-20-23)21-18(24)22-15-7-4-6-14-13-5-2-3-8-16(13)25-17(14)15/h4,6-7,10-12H,2-3,5,8-9H2,1H3,(H2,21,22,24)/t12-/m0/s1. The van der Waals surface area contributed by atoms with Crippen molar-refractivity contribution in [1.82, 2.24) is 20.1 Å². The third-order valence-corrected chi connectivity index (χ3v) is 4.54. The van der Waals surface area contributed by atoms with E-state index in [0.717, 1.165) is 36.0 Å². The van der Waals surface area contributed by atoms with Crippen molar-refractivity contribution in [3.63, 3.8) is 0 Å². The van der Waals surface area contributed by atoms with Crippen LogP contribution in [-0.2, 0) is 19.4 Å². The lowest BCUT2D eigenvalue weighted by atomic mass is 9.96. The summed E-state index contributed by atoms with van der Waals surface area (Å²) < 4.78 is 7.73. The Morgan fingerprint density at radius 1 is 1.36 bits per heavy atom. The number of amides is 2. The first-order chi connectivity index (χ1) is 12.2. The summed E-state index contributed by atoms with van der Waals surface area (Å²) in [6, 6.07) is 5.57. The Morgan fingerprint density at radius 3 is 3.08 bits per heavy atom. The Balaban J connectivity index is 1.48. The van der Waals surface area contributed by atoms with Gasteiger partial charge in [0.05, 0.1) is 12.2 Å². The van der Waals surface area contributed by atoms with Crippen molar-refractivity contribution in [2.45, 2.75) is 45.2 Å². The number of furan rings is 1. The number of aromatic nitrogens is 3. The number of nitrogens with zero attached hydrogens (tertiary/aromatic N) is 3. The number of aryl methyl sites for hydroxylation is 2. The highest BCUT2D eigenvalue weighted by Gasteiger charge is 2.20. The van der Waals surface area contributed by atoms with Crippen LogP contribution in [0.4, 0.5) is 10.5 Å². The Hall–Kier alpha value is -2.83. The van der Waals surface area contributed by atoms with E-state index in [-0.39, 0.29) is 12.1 Å². The molecule has 7 nitrogen and oxygen atoms in total. The van der Waals surface area contributed by atoms with Crippen LogP contribution in [0.3, 0.4) is 0 Å². The monoisotopic (exact) mass is 339 g/mol. The van der Waals surface area contributed by atoms with Crippen LogP contribution in [0.5, 0.6) is 0 Å². The lowest BCUT2D eigenvalue weighted by Crippen LogP contribution is -2.38. The molecule has 1 aromatic carbocycles. The Kier molecular flexibility index (Phi) is 4.13. The molecule has 1 aliphatic carbocycles. The van der Waals surface area contributed by atoms with E-state index in [0.29, 0.717) is 12.2 Å². The predicted octanol–water partition coefficient (Wildman–Crippen LogP) is 3.11. The van der Waals surface area contributed by atoms with Gasteiger partial charge in [0.1, 0.15) is 18.4 Å². The van der Waals surface area contributed by atoms with Crippen LogP contribution in [0.1, 0.15) is 31.1 Å². The van der Waals surface area contributed by atoms with Crippen molar-refractivity contribution in [2.24, 2.45) is 0 Å². The smallest absolute Gasteiger partial charge is 0.319 e. The summed E-state index contributed by atoms with van der Waals surface area (Å²) in [5, 5.41) is 11.0. The zero-order valence-corrected chi connectivity index (χ0v) is 14.2. The summed E-state index contributed by atoms with van der Waals surface area (Å²) in [5.41, 5.74) is 2.77. The Bertz CT molecular complexity index is 884. The lowest BCUT2D eigenvalue weighted by molar-refractivity contribution is 0.247. The molecule has 130 valence electrons. The fraction of sp³-hybridized carbons (Fsp3) is 0.389. The van der Waals surface area contributed by atoms with Crippen molar-refractivity contribution in [3.05, 3.63) is 42.2 Å². The molecule has 0 radical (unpaired) electrons. The molecule has 0 bridgehead atoms. The third-order valence-electron chi connectivity index (χ3n) is 4.54. The third kappa shape index (κ3) is 3.22. The summed E-state index contributed by atoms with van der Waals surface area (Å²) >= 11 is 0. The van der Waals surface area contributed by atoms with Gasteiger partial charge in [-0.15, -0.1) is 0 Å². The summed E-state index contributed by atoms with van der Waals surface area (Å²) in [4.78, 5) is 16.2. The molecule has 0 fully saturated rings. The highest BCUT2D eigenvalue weighted by Crippen LogP contribution is 2.35. The molecule has 0 aliphatic heterocycles. The first kappa shape index (κ1) is 15.7. The molecular weight excluding hydrogens is 318 g/mol. The first-order valence-corrected chi connectivity index (χ1v) is 8.64. The minimum absolute atomic E-state index is 0.0780. The van der Waals surface area contributed by atoms with Crippen LogP contribution < -0.4 is 10.6 Å². The first-order valence-electron chi connectivity index (χ1n) is 8.64. The predicted molar refractivity (Wildman–Crippen MR) is 94.5 cm³/mol. The van der Waals surface area contributed by atoms with Gasteiger partial charge in [-0.2, -0.15) is 5.10 Å². The van der Waals surface area contributed by atoms with Gasteiger partial charge in [-0.1, -0.05) is 12.1 Å². The number of carbonyl (C=O) groups is 1. The van der Waals surface area contributed by atoms with Gasteiger partial charge in [-0.3, -0.25) is 4.68 Å². The molecule has 4 rings (SSSR count). The van der Waals surface area contributed by atoms with Crippen LogP contribution in [0.25, 0.3) is 11.0 Å². The van der Waals surface area contributed by atoms with Crippen LogP contribution in [-0.4, -0.2) is 26.8 Å². The van der Waals surface area contributed by atoms with Crippen LogP contribution in [0.15, 0.2) is 35.3 Å². The molecule has 0 unspecified atom stereocenters. The van der Waals surface area contributed by atoms with Gasteiger partial charge in [-0.25, -0.2) is 9.78 Å². The summed E-state index contributed by atoms with van der Waals surface area (Å²) in [6.07, 6.45) is 7.49. The molecule has 0 saturated carbocycles. The number of para-hydroxylation sites is 1. The number of hydrogen-bond donors (Lipinski definition) is 2. The highest BCUT2D eigenvalue weighted by atomic mass is 16.3. The second-order valence-electron chi connectivity index (χ2n) is 6.51. The van der Waals surface area contributed by atoms with E-state index in [1.165, 1.54) is 18.3 Å². The molecule has 7 heteroatoms. The number of hydrogen-bond acceptors (Lipinski definition) is 4. The molecule has 0 spiro atoms. The van der Waals surface area contributed by atoms with Crippen LogP contribution in [0, 0.1) is 0 Å². The Morgan fingerprint density at radius 2 is 2.24 bits per heavy atom. The normalized spacial score (nSPS) is 14.9. The molecule has 1 aliphatic rings. The molecular formula is C18H21N5O2. The van der Waals surface area contributed by atoms with E-state index in [1.807, 2.05) is 19.1 Å². The SMILES string of the molecule is C[C@@H](Cn1cncn1)NC(=O)Nc1cccc2c3c(oc12)CCCC3. The van der Waals surface area contributed by atoms with Gasteiger partial charge < -0.3 is 15.1 Å². The average Bonchev–Trinajstić information content (AvgIpc) is 3.22. The largest absolute Gasteiger partial charge is 0.459 e. The van der Waals surface area contributed by atoms with E-state index >= 15 is 0 Å². The van der Waals surface area contributed by atoms with E-state index < -0.39 is 0 Å². The van der Waals surface area contributed by atoms with Crippen molar-refractivity contribution in [2.75, 3.05) is 5.32 Å². The molecule has 2 amide bonds. The number of urea groups is 1. The topological polar surface area (TPSA) is 85.0 Å². The molecule has 2 N–H and O–H groups in total. The Labute approximate surface area is 145 Å². The van der Waals surface area contributed by atoms with Gasteiger partial charge in [0.15, 0.2) is 5.58 Å². The lowest BCUT2D eigenvalue weighted by Gasteiger charge is -2.14. The van der Waals surface area contributed by atoms with E-state index in [1.54, 1.807) is 11.0 Å². The maximum absolute atomic E-state index is 12.3. The summed E-state index contributed by atoms with van der Waals surface area (Å²) in [5.74, 6) is 1.07. The number of nitrogens with one attached hydrogen (secondary N) is 2. The van der Waals surface area contributed by atoms with Crippen molar-refractivity contribution in [1.29, 1.82) is 0 Å². The van der Waals surface area contributed by atoms with Gasteiger partial charge in [0.2, 0.25) is 0 Å². The van der Waals surface area contributed by atoms with Gasteiger partial charge >= 0.3 is 6.03 Å². The maximum atomic E-state index is 12.3. The number of benzene rings is 1. The number of fused-ring (bicyclic) bond motifs is 3. The summed E-state index contributed by atoms with van der Waals surface area (Å²) in [6.45, 7) is 2.49. The number of anilines is 1. The van der Waals surface area contributed by atoms with Crippen molar-refractivity contribution >= 4 is 22.7 Å². The van der Waals surface area contributed by atoms with Crippen LogP contribution >= 0.6 is 0 Å².